The Balaban J connectivity index is 1.52. The molecule has 2 aromatic carbocycles. The highest BCUT2D eigenvalue weighted by Gasteiger charge is 2.06. The Kier molecular flexibility index (Phi) is 6.36. The molecule has 1 amide bonds. The first kappa shape index (κ1) is 19.1. The first-order chi connectivity index (χ1) is 13.6. The van der Waals surface area contributed by atoms with Crippen LogP contribution in [0.4, 0.5) is 11.5 Å². The van der Waals surface area contributed by atoms with Gasteiger partial charge in [-0.3, -0.25) is 10.2 Å². The molecule has 0 radical (unpaired) electrons. The van der Waals surface area contributed by atoms with Crippen molar-refractivity contribution in [3.63, 3.8) is 0 Å². The maximum absolute atomic E-state index is 12.1. The first-order valence-corrected chi connectivity index (χ1v) is 8.92. The number of hydrogen-bond acceptors (Lipinski definition) is 5. The van der Waals surface area contributed by atoms with Crippen LogP contribution in [0, 0.1) is 6.92 Å². The molecule has 0 atom stereocenters. The van der Waals surface area contributed by atoms with Crippen molar-refractivity contribution < 1.29 is 9.53 Å². The number of hydrogen-bond donors (Lipinski definition) is 2. The second-order valence-corrected chi connectivity index (χ2v) is 6.20. The molecule has 3 aromatic rings. The fourth-order valence-corrected chi connectivity index (χ4v) is 2.48. The van der Waals surface area contributed by atoms with Gasteiger partial charge in [0.25, 0.3) is 5.91 Å². The summed E-state index contributed by atoms with van der Waals surface area (Å²) in [6.07, 6.45) is 1.70. The van der Waals surface area contributed by atoms with Gasteiger partial charge in [0, 0.05) is 11.9 Å². The van der Waals surface area contributed by atoms with Gasteiger partial charge in [0.15, 0.2) is 6.61 Å². The van der Waals surface area contributed by atoms with Gasteiger partial charge in [-0.2, -0.15) is 5.10 Å². The lowest BCUT2D eigenvalue weighted by molar-refractivity contribution is -0.118. The minimum atomic E-state index is -0.198. The number of pyridine rings is 1. The number of carbonyl (C=O) groups excluding carboxylic acids is 1. The Labute approximate surface area is 164 Å². The third-order valence-corrected chi connectivity index (χ3v) is 4.06. The average molecular weight is 374 g/mol. The molecule has 0 aliphatic rings. The van der Waals surface area contributed by atoms with E-state index in [1.807, 2.05) is 80.6 Å². The van der Waals surface area contributed by atoms with Crippen LogP contribution in [-0.2, 0) is 4.79 Å². The summed E-state index contributed by atoms with van der Waals surface area (Å²) in [6.45, 7) is 3.80. The highest BCUT2D eigenvalue weighted by molar-refractivity contribution is 5.99. The summed E-state index contributed by atoms with van der Waals surface area (Å²) < 4.78 is 5.57. The molecule has 1 heterocycles. The largest absolute Gasteiger partial charge is 0.484 e. The Morgan fingerprint density at radius 1 is 1.04 bits per heavy atom. The highest BCUT2D eigenvalue weighted by atomic mass is 16.5. The van der Waals surface area contributed by atoms with Crippen molar-refractivity contribution >= 4 is 23.1 Å². The number of aromatic nitrogens is 1. The van der Waals surface area contributed by atoms with Crippen LogP contribution in [-0.4, -0.2) is 23.2 Å². The molecule has 0 bridgehead atoms. The second kappa shape index (κ2) is 9.32. The van der Waals surface area contributed by atoms with Gasteiger partial charge in [-0.25, -0.2) is 4.98 Å². The van der Waals surface area contributed by atoms with Crippen LogP contribution in [0.25, 0.3) is 0 Å². The normalized spacial score (nSPS) is 11.0. The van der Waals surface area contributed by atoms with E-state index in [1.54, 1.807) is 6.20 Å². The first-order valence-electron chi connectivity index (χ1n) is 8.92. The Bertz CT molecular complexity index is 954. The van der Waals surface area contributed by atoms with Gasteiger partial charge in [-0.1, -0.05) is 24.3 Å². The number of hydrazone groups is 1. The molecule has 0 spiro atoms. The number of nitrogens with zero attached hydrogens (tertiary/aromatic N) is 2. The molecule has 0 fully saturated rings. The summed E-state index contributed by atoms with van der Waals surface area (Å²) in [5.74, 6) is 1.10. The quantitative estimate of drug-likeness (QED) is 0.479. The van der Waals surface area contributed by atoms with Crippen LogP contribution in [0.15, 0.2) is 78.0 Å². The maximum Gasteiger partial charge on any atom is 0.262 e. The van der Waals surface area contributed by atoms with Gasteiger partial charge >= 0.3 is 0 Å². The molecule has 0 aliphatic heterocycles. The predicted molar refractivity (Wildman–Crippen MR) is 112 cm³/mol. The smallest absolute Gasteiger partial charge is 0.262 e. The van der Waals surface area contributed by atoms with E-state index >= 15 is 0 Å². The standard InChI is InChI=1S/C22H22N4O2/c1-16-7-3-4-8-20(16)24-22(27)15-28-19-12-10-18(11-13-19)17(2)25-26-21-9-5-6-14-23-21/h3-14H,15H2,1-2H3,(H,23,26)(H,24,27)/b25-17-. The monoisotopic (exact) mass is 374 g/mol. The van der Waals surface area contributed by atoms with Crippen LogP contribution in [0.1, 0.15) is 18.1 Å². The number of amides is 1. The number of anilines is 2. The van der Waals surface area contributed by atoms with Crippen LogP contribution in [0.5, 0.6) is 5.75 Å². The summed E-state index contributed by atoms with van der Waals surface area (Å²) >= 11 is 0. The summed E-state index contributed by atoms with van der Waals surface area (Å²) in [5.41, 5.74) is 6.48. The van der Waals surface area contributed by atoms with Crippen molar-refractivity contribution in [2.45, 2.75) is 13.8 Å². The van der Waals surface area contributed by atoms with E-state index < -0.39 is 0 Å². The second-order valence-electron chi connectivity index (χ2n) is 6.20. The van der Waals surface area contributed by atoms with E-state index in [0.717, 1.165) is 22.5 Å². The van der Waals surface area contributed by atoms with Crippen molar-refractivity contribution in [1.29, 1.82) is 0 Å². The number of para-hydroxylation sites is 1. The van der Waals surface area contributed by atoms with Crippen molar-refractivity contribution in [3.05, 3.63) is 84.1 Å². The molecule has 0 aliphatic carbocycles. The number of benzene rings is 2. The molecule has 3 rings (SSSR count). The van der Waals surface area contributed by atoms with Crippen LogP contribution < -0.4 is 15.5 Å². The zero-order valence-electron chi connectivity index (χ0n) is 15.8. The van der Waals surface area contributed by atoms with E-state index in [0.29, 0.717) is 11.6 Å². The molecule has 28 heavy (non-hydrogen) atoms. The van der Waals surface area contributed by atoms with Gasteiger partial charge in [0.1, 0.15) is 11.6 Å². The molecule has 0 saturated carbocycles. The lowest BCUT2D eigenvalue weighted by atomic mass is 10.1. The minimum Gasteiger partial charge on any atom is -0.484 e. The molecule has 2 N–H and O–H groups in total. The fraction of sp³-hybridized carbons (Fsp3) is 0.136. The summed E-state index contributed by atoms with van der Waals surface area (Å²) in [5, 5.41) is 7.17. The Morgan fingerprint density at radius 3 is 2.50 bits per heavy atom. The SMILES string of the molecule is C/C(=N/Nc1ccccn1)c1ccc(OCC(=O)Nc2ccccc2C)cc1. The van der Waals surface area contributed by atoms with E-state index in [2.05, 4.69) is 20.8 Å². The lowest BCUT2D eigenvalue weighted by Crippen LogP contribution is -2.20. The number of carbonyl (C=O) groups is 1. The number of nitrogens with one attached hydrogen (secondary N) is 2. The average Bonchev–Trinajstić information content (AvgIpc) is 2.73. The summed E-state index contributed by atoms with van der Waals surface area (Å²) in [7, 11) is 0. The Hall–Kier alpha value is -3.67. The molecular weight excluding hydrogens is 352 g/mol. The molecule has 6 nitrogen and oxygen atoms in total. The van der Waals surface area contributed by atoms with Gasteiger partial charge in [0.05, 0.1) is 5.71 Å². The Morgan fingerprint density at radius 2 is 1.79 bits per heavy atom. The van der Waals surface area contributed by atoms with Crippen LogP contribution in [0.2, 0.25) is 0 Å². The predicted octanol–water partition coefficient (Wildman–Crippen LogP) is 4.24. The zero-order valence-corrected chi connectivity index (χ0v) is 15.8. The number of aryl methyl sites for hydroxylation is 1. The van der Waals surface area contributed by atoms with Crippen molar-refractivity contribution in [3.8, 4) is 5.75 Å². The van der Waals surface area contributed by atoms with Gasteiger partial charge < -0.3 is 10.1 Å². The molecule has 6 heteroatoms. The van der Waals surface area contributed by atoms with Crippen molar-refractivity contribution in [1.82, 2.24) is 4.98 Å². The van der Waals surface area contributed by atoms with Gasteiger partial charge in [0.2, 0.25) is 0 Å². The maximum atomic E-state index is 12.1. The minimum absolute atomic E-state index is 0.0536. The molecular formula is C22H22N4O2. The highest BCUT2D eigenvalue weighted by Crippen LogP contribution is 2.15. The van der Waals surface area contributed by atoms with Gasteiger partial charge in [-0.05, 0) is 67.4 Å². The molecule has 0 saturated heterocycles. The number of rotatable bonds is 7. The molecule has 0 unspecified atom stereocenters. The van der Waals surface area contributed by atoms with E-state index in [1.165, 1.54) is 0 Å². The number of ether oxygens (including phenoxy) is 1. The van der Waals surface area contributed by atoms with Crippen LogP contribution in [0.3, 0.4) is 0 Å². The molecule has 1 aromatic heterocycles. The summed E-state index contributed by atoms with van der Waals surface area (Å²) in [6, 6.07) is 20.6. The summed E-state index contributed by atoms with van der Waals surface area (Å²) in [4.78, 5) is 16.2. The van der Waals surface area contributed by atoms with Gasteiger partial charge in [-0.15, -0.1) is 0 Å². The van der Waals surface area contributed by atoms with E-state index in [4.69, 9.17) is 4.74 Å². The van der Waals surface area contributed by atoms with Crippen molar-refractivity contribution in [2.24, 2.45) is 5.10 Å². The topological polar surface area (TPSA) is 75.6 Å². The zero-order chi connectivity index (χ0) is 19.8. The molecule has 142 valence electrons. The lowest BCUT2D eigenvalue weighted by Gasteiger charge is -2.10. The van der Waals surface area contributed by atoms with E-state index in [9.17, 15) is 4.79 Å². The van der Waals surface area contributed by atoms with Crippen molar-refractivity contribution in [2.75, 3.05) is 17.3 Å². The van der Waals surface area contributed by atoms with Crippen LogP contribution >= 0.6 is 0 Å². The third-order valence-electron chi connectivity index (χ3n) is 4.06. The third kappa shape index (κ3) is 5.41. The fourth-order valence-electron chi connectivity index (χ4n) is 2.48. The van der Waals surface area contributed by atoms with E-state index in [-0.39, 0.29) is 12.5 Å².